The van der Waals surface area contributed by atoms with Gasteiger partial charge in [-0.1, -0.05) is 15.9 Å². The van der Waals surface area contributed by atoms with Gasteiger partial charge in [-0.25, -0.2) is 0 Å². The molecule has 1 fully saturated rings. The monoisotopic (exact) mass is 327 g/mol. The van der Waals surface area contributed by atoms with Crippen molar-refractivity contribution < 1.29 is 4.92 Å². The first-order valence-electron chi connectivity index (χ1n) is 6.45. The number of nitrogens with two attached hydrogens (primary N) is 1. The maximum Gasteiger partial charge on any atom is 0.275 e. The van der Waals surface area contributed by atoms with E-state index in [1.807, 2.05) is 12.1 Å². The Balaban J connectivity index is 2.12. The Morgan fingerprint density at radius 2 is 2.32 bits per heavy atom. The maximum absolute atomic E-state index is 11.1. The summed E-state index contributed by atoms with van der Waals surface area (Å²) in [6.45, 7) is 3.24. The first kappa shape index (κ1) is 14.4. The van der Waals surface area contributed by atoms with Gasteiger partial charge in [0.25, 0.3) is 5.69 Å². The van der Waals surface area contributed by atoms with E-state index in [4.69, 9.17) is 5.73 Å². The molecular formula is C13H18BrN3O2. The fourth-order valence-corrected chi connectivity index (χ4v) is 2.92. The molecule has 0 aliphatic carbocycles. The molecule has 0 saturated carbocycles. The van der Waals surface area contributed by atoms with Crippen molar-refractivity contribution in [2.24, 2.45) is 11.7 Å². The fourth-order valence-electron chi connectivity index (χ4n) is 2.57. The molecule has 1 aromatic carbocycles. The first-order valence-corrected chi connectivity index (χ1v) is 7.24. The van der Waals surface area contributed by atoms with Crippen molar-refractivity contribution in [1.29, 1.82) is 0 Å². The van der Waals surface area contributed by atoms with Crippen LogP contribution in [0.15, 0.2) is 22.7 Å². The molecule has 0 spiro atoms. The third kappa shape index (κ3) is 3.75. The lowest BCUT2D eigenvalue weighted by molar-refractivity contribution is -0.385. The number of likely N-dealkylation sites (tertiary alicyclic amines) is 1. The van der Waals surface area contributed by atoms with E-state index in [0.29, 0.717) is 19.0 Å². The third-order valence-corrected chi connectivity index (χ3v) is 4.07. The van der Waals surface area contributed by atoms with Crippen molar-refractivity contribution in [3.05, 3.63) is 38.3 Å². The zero-order valence-corrected chi connectivity index (χ0v) is 12.3. The third-order valence-electron chi connectivity index (χ3n) is 3.57. The minimum absolute atomic E-state index is 0.184. The van der Waals surface area contributed by atoms with Gasteiger partial charge in [-0.15, -0.1) is 0 Å². The van der Waals surface area contributed by atoms with E-state index < -0.39 is 0 Å². The summed E-state index contributed by atoms with van der Waals surface area (Å²) in [6.07, 6.45) is 2.28. The molecule has 5 nitrogen and oxygen atoms in total. The molecule has 2 rings (SSSR count). The highest BCUT2D eigenvalue weighted by Crippen LogP contribution is 2.26. The Kier molecular flexibility index (Phi) is 4.90. The number of hydrogen-bond acceptors (Lipinski definition) is 4. The summed E-state index contributed by atoms with van der Waals surface area (Å²) in [6, 6.07) is 5.25. The Morgan fingerprint density at radius 3 is 3.00 bits per heavy atom. The van der Waals surface area contributed by atoms with E-state index in [9.17, 15) is 10.1 Å². The van der Waals surface area contributed by atoms with Crippen LogP contribution in [0.1, 0.15) is 18.4 Å². The summed E-state index contributed by atoms with van der Waals surface area (Å²) < 4.78 is 0.737. The lowest BCUT2D eigenvalue weighted by Crippen LogP contribution is -2.37. The van der Waals surface area contributed by atoms with Crippen molar-refractivity contribution >= 4 is 21.6 Å². The van der Waals surface area contributed by atoms with Crippen molar-refractivity contribution in [3.63, 3.8) is 0 Å². The molecule has 1 unspecified atom stereocenters. The van der Waals surface area contributed by atoms with Gasteiger partial charge < -0.3 is 5.73 Å². The second kappa shape index (κ2) is 6.45. The van der Waals surface area contributed by atoms with E-state index in [1.54, 1.807) is 6.07 Å². The van der Waals surface area contributed by atoms with Gasteiger partial charge in [0.1, 0.15) is 0 Å². The number of rotatable bonds is 4. The Bertz CT molecular complexity index is 467. The van der Waals surface area contributed by atoms with Gasteiger partial charge in [-0.05, 0) is 44.0 Å². The number of nitro groups is 1. The molecule has 2 N–H and O–H groups in total. The summed E-state index contributed by atoms with van der Waals surface area (Å²) in [4.78, 5) is 13.0. The van der Waals surface area contributed by atoms with Crippen molar-refractivity contribution in [3.8, 4) is 0 Å². The van der Waals surface area contributed by atoms with Gasteiger partial charge in [-0.2, -0.15) is 0 Å². The molecule has 0 bridgehead atoms. The SMILES string of the molecule is NCC1CCCN(Cc2ccc(Br)cc2[N+](=O)[O-])C1. The van der Waals surface area contributed by atoms with E-state index in [2.05, 4.69) is 20.8 Å². The van der Waals surface area contributed by atoms with Crippen LogP contribution in [0.3, 0.4) is 0 Å². The van der Waals surface area contributed by atoms with Gasteiger partial charge in [0, 0.05) is 29.2 Å². The van der Waals surface area contributed by atoms with Crippen LogP contribution in [-0.4, -0.2) is 29.5 Å². The van der Waals surface area contributed by atoms with Gasteiger partial charge >= 0.3 is 0 Å². The summed E-state index contributed by atoms with van der Waals surface area (Å²) in [5.41, 5.74) is 6.67. The Morgan fingerprint density at radius 1 is 1.53 bits per heavy atom. The smallest absolute Gasteiger partial charge is 0.275 e. The van der Waals surface area contributed by atoms with Crippen molar-refractivity contribution in [1.82, 2.24) is 4.90 Å². The molecule has 1 saturated heterocycles. The molecule has 1 aliphatic rings. The van der Waals surface area contributed by atoms with Gasteiger partial charge in [0.15, 0.2) is 0 Å². The van der Waals surface area contributed by atoms with Crippen molar-refractivity contribution in [2.75, 3.05) is 19.6 Å². The van der Waals surface area contributed by atoms with Crippen LogP contribution in [0, 0.1) is 16.0 Å². The predicted octanol–water partition coefficient (Wildman–Crippen LogP) is 2.53. The van der Waals surface area contributed by atoms with Crippen LogP contribution in [0.5, 0.6) is 0 Å². The van der Waals surface area contributed by atoms with Gasteiger partial charge in [0.05, 0.1) is 4.92 Å². The normalized spacial score (nSPS) is 20.4. The molecule has 1 aliphatic heterocycles. The second-order valence-corrected chi connectivity index (χ2v) is 5.92. The second-order valence-electron chi connectivity index (χ2n) is 5.01. The number of benzene rings is 1. The van der Waals surface area contributed by atoms with Gasteiger partial charge in [0.2, 0.25) is 0 Å². The first-order chi connectivity index (χ1) is 9.10. The number of halogens is 1. The van der Waals surface area contributed by atoms with Crippen LogP contribution < -0.4 is 5.73 Å². The number of nitrogens with zero attached hydrogens (tertiary/aromatic N) is 2. The summed E-state index contributed by atoms with van der Waals surface area (Å²) >= 11 is 3.28. The summed E-state index contributed by atoms with van der Waals surface area (Å²) in [5.74, 6) is 0.517. The molecule has 1 aromatic rings. The number of nitro benzene ring substituents is 1. The fraction of sp³-hybridized carbons (Fsp3) is 0.538. The average molecular weight is 328 g/mol. The standard InChI is InChI=1S/C13H18BrN3O2/c14-12-4-3-11(13(6-12)17(18)19)9-16-5-1-2-10(7-15)8-16/h3-4,6,10H,1-2,5,7-9,15H2. The topological polar surface area (TPSA) is 72.4 Å². The Labute approximate surface area is 121 Å². The van der Waals surface area contributed by atoms with Crippen LogP contribution in [0.25, 0.3) is 0 Å². The van der Waals surface area contributed by atoms with E-state index >= 15 is 0 Å². The summed E-state index contributed by atoms with van der Waals surface area (Å²) in [7, 11) is 0. The lowest BCUT2D eigenvalue weighted by atomic mass is 9.98. The molecule has 1 atom stereocenters. The molecule has 104 valence electrons. The van der Waals surface area contributed by atoms with E-state index in [-0.39, 0.29) is 10.6 Å². The highest BCUT2D eigenvalue weighted by atomic mass is 79.9. The maximum atomic E-state index is 11.1. The Hall–Kier alpha value is -0.980. The van der Waals surface area contributed by atoms with Crippen LogP contribution >= 0.6 is 15.9 Å². The van der Waals surface area contributed by atoms with Crippen LogP contribution in [0.2, 0.25) is 0 Å². The van der Waals surface area contributed by atoms with E-state index in [0.717, 1.165) is 36.0 Å². The lowest BCUT2D eigenvalue weighted by Gasteiger charge is -2.31. The molecule has 0 radical (unpaired) electrons. The summed E-state index contributed by atoms with van der Waals surface area (Å²) in [5, 5.41) is 11.1. The van der Waals surface area contributed by atoms with Crippen LogP contribution in [0.4, 0.5) is 5.69 Å². The number of piperidine rings is 1. The molecule has 19 heavy (non-hydrogen) atoms. The highest BCUT2D eigenvalue weighted by molar-refractivity contribution is 9.10. The van der Waals surface area contributed by atoms with Gasteiger partial charge in [-0.3, -0.25) is 15.0 Å². The minimum atomic E-state index is -0.315. The molecule has 0 amide bonds. The molecular weight excluding hydrogens is 310 g/mol. The zero-order valence-electron chi connectivity index (χ0n) is 10.7. The van der Waals surface area contributed by atoms with Crippen molar-refractivity contribution in [2.45, 2.75) is 19.4 Å². The van der Waals surface area contributed by atoms with Crippen LogP contribution in [-0.2, 0) is 6.54 Å². The predicted molar refractivity (Wildman–Crippen MR) is 77.9 cm³/mol. The minimum Gasteiger partial charge on any atom is -0.330 e. The molecule has 0 aromatic heterocycles. The largest absolute Gasteiger partial charge is 0.330 e. The average Bonchev–Trinajstić information content (AvgIpc) is 2.41. The molecule has 6 heteroatoms. The quantitative estimate of drug-likeness (QED) is 0.681. The number of hydrogen-bond donors (Lipinski definition) is 1. The molecule has 1 heterocycles. The highest BCUT2D eigenvalue weighted by Gasteiger charge is 2.22. The zero-order chi connectivity index (χ0) is 13.8. The van der Waals surface area contributed by atoms with E-state index in [1.165, 1.54) is 0 Å².